The summed E-state index contributed by atoms with van der Waals surface area (Å²) in [7, 11) is 0. The molecule has 1 aromatic heterocycles. The second kappa shape index (κ2) is 9.78. The van der Waals surface area contributed by atoms with Gasteiger partial charge in [0, 0.05) is 0 Å². The van der Waals surface area contributed by atoms with Crippen LogP contribution in [0.3, 0.4) is 0 Å². The van der Waals surface area contributed by atoms with Gasteiger partial charge in [-0.2, -0.15) is 4.98 Å². The molecule has 0 saturated carbocycles. The number of anilines is 1. The van der Waals surface area contributed by atoms with Crippen LogP contribution in [0.15, 0.2) is 77.3 Å². The summed E-state index contributed by atoms with van der Waals surface area (Å²) in [6.07, 6.45) is 0. The van der Waals surface area contributed by atoms with Gasteiger partial charge in [-0.3, -0.25) is 4.79 Å². The van der Waals surface area contributed by atoms with E-state index in [9.17, 15) is 4.79 Å². The average molecular weight is 429 g/mol. The Morgan fingerprint density at radius 3 is 2.50 bits per heavy atom. The average Bonchev–Trinajstić information content (AvgIpc) is 3.28. The summed E-state index contributed by atoms with van der Waals surface area (Å²) < 4.78 is 16.7. The van der Waals surface area contributed by atoms with Crippen molar-refractivity contribution in [3.05, 3.63) is 89.7 Å². The summed E-state index contributed by atoms with van der Waals surface area (Å²) in [6, 6.07) is 22.3. The fraction of sp³-hybridized carbons (Fsp3) is 0.160. The quantitative estimate of drug-likeness (QED) is 0.426. The maximum atomic E-state index is 12.5. The molecule has 7 nitrogen and oxygen atoms in total. The molecule has 7 heteroatoms. The molecule has 0 aliphatic carbocycles. The van der Waals surface area contributed by atoms with Crippen molar-refractivity contribution in [1.29, 1.82) is 0 Å². The zero-order valence-electron chi connectivity index (χ0n) is 17.9. The van der Waals surface area contributed by atoms with Gasteiger partial charge in [0.2, 0.25) is 5.82 Å². The minimum absolute atomic E-state index is 0.114. The zero-order valence-corrected chi connectivity index (χ0v) is 17.9. The zero-order chi connectivity index (χ0) is 22.3. The Morgan fingerprint density at radius 1 is 0.906 bits per heavy atom. The Labute approximate surface area is 186 Å². The van der Waals surface area contributed by atoms with E-state index < -0.39 is 0 Å². The normalized spacial score (nSPS) is 10.6. The van der Waals surface area contributed by atoms with Crippen LogP contribution in [0.25, 0.3) is 11.5 Å². The number of carbonyl (C=O) groups excluding carboxylic acids is 1. The van der Waals surface area contributed by atoms with Crippen molar-refractivity contribution in [2.75, 3.05) is 11.9 Å². The van der Waals surface area contributed by atoms with E-state index in [1.165, 1.54) is 5.56 Å². The Hall–Kier alpha value is -4.13. The lowest BCUT2D eigenvalue weighted by molar-refractivity contribution is -0.118. The monoisotopic (exact) mass is 429 g/mol. The van der Waals surface area contributed by atoms with E-state index in [1.54, 1.807) is 12.1 Å². The van der Waals surface area contributed by atoms with Crippen LogP contribution in [0, 0.1) is 13.8 Å². The van der Waals surface area contributed by atoms with Crippen molar-refractivity contribution in [2.45, 2.75) is 20.5 Å². The number of hydrogen-bond acceptors (Lipinski definition) is 6. The number of para-hydroxylation sites is 2. The second-order valence-corrected chi connectivity index (χ2v) is 7.25. The predicted octanol–water partition coefficient (Wildman–Crippen LogP) is 4.95. The van der Waals surface area contributed by atoms with Gasteiger partial charge in [-0.25, -0.2) is 0 Å². The van der Waals surface area contributed by atoms with Crippen molar-refractivity contribution in [1.82, 2.24) is 10.1 Å². The number of benzene rings is 3. The molecule has 0 radical (unpaired) electrons. The minimum atomic E-state index is -0.289. The Morgan fingerprint density at radius 2 is 1.69 bits per heavy atom. The fourth-order valence-corrected chi connectivity index (χ4v) is 3.00. The topological polar surface area (TPSA) is 86.5 Å². The largest absolute Gasteiger partial charge is 0.485 e. The first kappa shape index (κ1) is 21.1. The highest BCUT2D eigenvalue weighted by Gasteiger charge is 2.15. The van der Waals surface area contributed by atoms with Crippen molar-refractivity contribution in [2.24, 2.45) is 0 Å². The maximum Gasteiger partial charge on any atom is 0.262 e. The molecule has 32 heavy (non-hydrogen) atoms. The molecule has 4 rings (SSSR count). The van der Waals surface area contributed by atoms with E-state index in [0.29, 0.717) is 28.7 Å². The van der Waals surface area contributed by atoms with Gasteiger partial charge in [-0.15, -0.1) is 0 Å². The molecule has 162 valence electrons. The molecular formula is C25H23N3O4. The van der Waals surface area contributed by atoms with Crippen LogP contribution in [-0.2, 0) is 11.4 Å². The molecule has 0 unspecified atom stereocenters. The van der Waals surface area contributed by atoms with E-state index in [1.807, 2.05) is 74.5 Å². The molecule has 4 aromatic rings. The number of aryl methyl sites for hydroxylation is 2. The molecule has 1 heterocycles. The third kappa shape index (κ3) is 5.31. The highest BCUT2D eigenvalue weighted by atomic mass is 16.5. The summed E-state index contributed by atoms with van der Waals surface area (Å²) >= 11 is 0. The third-order valence-electron chi connectivity index (χ3n) is 4.86. The summed E-state index contributed by atoms with van der Waals surface area (Å²) in [5.74, 6) is 1.78. The molecule has 3 aromatic carbocycles. The third-order valence-corrected chi connectivity index (χ3v) is 4.86. The fourth-order valence-electron chi connectivity index (χ4n) is 3.00. The molecule has 0 fully saturated rings. The van der Waals surface area contributed by atoms with Crippen LogP contribution in [-0.4, -0.2) is 22.7 Å². The van der Waals surface area contributed by atoms with E-state index in [4.69, 9.17) is 14.0 Å². The van der Waals surface area contributed by atoms with E-state index in [-0.39, 0.29) is 19.1 Å². The van der Waals surface area contributed by atoms with Crippen LogP contribution in [0.2, 0.25) is 0 Å². The van der Waals surface area contributed by atoms with Gasteiger partial charge >= 0.3 is 0 Å². The Balaban J connectivity index is 1.39. The number of nitrogens with one attached hydrogen (secondary N) is 1. The maximum absolute atomic E-state index is 12.5. The molecule has 0 saturated heterocycles. The highest BCUT2D eigenvalue weighted by molar-refractivity contribution is 5.95. The minimum Gasteiger partial charge on any atom is -0.485 e. The van der Waals surface area contributed by atoms with Gasteiger partial charge in [0.15, 0.2) is 13.2 Å². The van der Waals surface area contributed by atoms with Gasteiger partial charge in [-0.1, -0.05) is 41.6 Å². The Bertz CT molecular complexity index is 1200. The SMILES string of the molecule is Cc1ccc(OCC(=O)Nc2ccccc2-c2nc(COc3ccccc3)no2)cc1C. The predicted molar refractivity (Wildman–Crippen MR) is 121 cm³/mol. The lowest BCUT2D eigenvalue weighted by Crippen LogP contribution is -2.20. The van der Waals surface area contributed by atoms with Crippen molar-refractivity contribution < 1.29 is 18.8 Å². The molecule has 1 N–H and O–H groups in total. The van der Waals surface area contributed by atoms with Gasteiger partial charge in [0.05, 0.1) is 11.3 Å². The van der Waals surface area contributed by atoms with Crippen molar-refractivity contribution in [3.63, 3.8) is 0 Å². The standard InChI is InChI=1S/C25H23N3O4/c1-17-12-13-20(14-18(17)2)31-16-24(29)26-22-11-7-6-10-21(22)25-27-23(28-32-25)15-30-19-8-4-3-5-9-19/h3-14H,15-16H2,1-2H3,(H,26,29). The first-order chi connectivity index (χ1) is 15.6. The number of ether oxygens (including phenoxy) is 2. The van der Waals surface area contributed by atoms with Crippen LogP contribution in [0.1, 0.15) is 17.0 Å². The molecule has 0 bridgehead atoms. The highest BCUT2D eigenvalue weighted by Crippen LogP contribution is 2.26. The molecule has 0 spiro atoms. The summed E-state index contributed by atoms with van der Waals surface area (Å²) in [5.41, 5.74) is 3.45. The van der Waals surface area contributed by atoms with Gasteiger partial charge < -0.3 is 19.3 Å². The summed E-state index contributed by atoms with van der Waals surface area (Å²) in [6.45, 7) is 4.09. The smallest absolute Gasteiger partial charge is 0.262 e. The molecule has 0 aliphatic rings. The number of aromatic nitrogens is 2. The van der Waals surface area contributed by atoms with Crippen LogP contribution in [0.5, 0.6) is 11.5 Å². The van der Waals surface area contributed by atoms with Gasteiger partial charge in [0.25, 0.3) is 11.8 Å². The first-order valence-electron chi connectivity index (χ1n) is 10.2. The van der Waals surface area contributed by atoms with Gasteiger partial charge in [-0.05, 0) is 61.4 Å². The van der Waals surface area contributed by atoms with Crippen LogP contribution < -0.4 is 14.8 Å². The number of amides is 1. The number of nitrogens with zero attached hydrogens (tertiary/aromatic N) is 2. The van der Waals surface area contributed by atoms with Gasteiger partial charge in [0.1, 0.15) is 11.5 Å². The molecule has 0 atom stereocenters. The van der Waals surface area contributed by atoms with Crippen molar-refractivity contribution in [3.8, 4) is 23.0 Å². The van der Waals surface area contributed by atoms with E-state index in [0.717, 1.165) is 11.3 Å². The number of carbonyl (C=O) groups is 1. The second-order valence-electron chi connectivity index (χ2n) is 7.25. The van der Waals surface area contributed by atoms with Crippen LogP contribution >= 0.6 is 0 Å². The number of rotatable bonds is 8. The summed E-state index contributed by atoms with van der Waals surface area (Å²) in [5, 5.41) is 6.82. The van der Waals surface area contributed by atoms with E-state index >= 15 is 0 Å². The molecule has 1 amide bonds. The lowest BCUT2D eigenvalue weighted by atomic mass is 10.1. The number of hydrogen-bond donors (Lipinski definition) is 1. The van der Waals surface area contributed by atoms with Crippen LogP contribution in [0.4, 0.5) is 5.69 Å². The molecule has 0 aliphatic heterocycles. The van der Waals surface area contributed by atoms with Crippen molar-refractivity contribution >= 4 is 11.6 Å². The molecular weight excluding hydrogens is 406 g/mol. The first-order valence-corrected chi connectivity index (χ1v) is 10.2. The Kier molecular flexibility index (Phi) is 6.46. The van der Waals surface area contributed by atoms with E-state index in [2.05, 4.69) is 15.5 Å². The summed E-state index contributed by atoms with van der Waals surface area (Å²) in [4.78, 5) is 16.9. The lowest BCUT2D eigenvalue weighted by Gasteiger charge is -2.10.